The fourth-order valence-corrected chi connectivity index (χ4v) is 4.44. The van der Waals surface area contributed by atoms with Crippen molar-refractivity contribution in [1.29, 1.82) is 0 Å². The summed E-state index contributed by atoms with van der Waals surface area (Å²) < 4.78 is 25.8. The lowest BCUT2D eigenvalue weighted by molar-refractivity contribution is 0.0593. The molecule has 0 N–H and O–H groups in total. The summed E-state index contributed by atoms with van der Waals surface area (Å²) in [5, 5.41) is 2.56. The highest BCUT2D eigenvalue weighted by atomic mass is 35.5. The summed E-state index contributed by atoms with van der Waals surface area (Å²) in [4.78, 5) is 16.8. The van der Waals surface area contributed by atoms with Gasteiger partial charge in [-0.2, -0.15) is 0 Å². The van der Waals surface area contributed by atoms with Gasteiger partial charge < -0.3 is 14.1 Å². The molecule has 34 heavy (non-hydrogen) atoms. The number of halogens is 2. The number of fused-ring (bicyclic) bond motifs is 1. The van der Waals surface area contributed by atoms with Crippen LogP contribution in [-0.4, -0.2) is 41.9 Å². The van der Waals surface area contributed by atoms with Gasteiger partial charge in [-0.1, -0.05) is 54.1 Å². The number of benzene rings is 3. The molecule has 1 fully saturated rings. The van der Waals surface area contributed by atoms with Crippen molar-refractivity contribution in [3.05, 3.63) is 101 Å². The maximum Gasteiger partial charge on any atom is 0.289 e. The maximum absolute atomic E-state index is 14.1. The Morgan fingerprint density at radius 1 is 0.941 bits per heavy atom. The van der Waals surface area contributed by atoms with Gasteiger partial charge >= 0.3 is 0 Å². The zero-order valence-corrected chi connectivity index (χ0v) is 19.3. The second kappa shape index (κ2) is 9.87. The number of rotatable bonds is 6. The van der Waals surface area contributed by atoms with E-state index < -0.39 is 0 Å². The number of carbonyl (C=O) groups is 1. The highest BCUT2D eigenvalue weighted by Crippen LogP contribution is 2.26. The number of ether oxygens (including phenoxy) is 1. The van der Waals surface area contributed by atoms with Crippen molar-refractivity contribution in [1.82, 2.24) is 9.80 Å². The standard InChI is InChI=1S/C27H24ClFN2O3/c28-23-8-4-9-24(29)22(23)17-30-13-15-31(16-14-30)27(32)26-12-11-20(34-26)18-33-25-10-3-6-19-5-1-2-7-21(19)25/h1-12H,13-18H2. The SMILES string of the molecule is O=C(c1ccc(COc2cccc3ccccc23)o1)N1CCN(Cc2c(F)cccc2Cl)CC1. The van der Waals surface area contributed by atoms with E-state index in [1.54, 1.807) is 29.2 Å². The third-order valence-corrected chi connectivity index (χ3v) is 6.45. The molecule has 7 heteroatoms. The van der Waals surface area contributed by atoms with Crippen LogP contribution in [0.1, 0.15) is 21.9 Å². The molecule has 4 aromatic rings. The van der Waals surface area contributed by atoms with Crippen LogP contribution in [0.4, 0.5) is 4.39 Å². The highest BCUT2D eigenvalue weighted by molar-refractivity contribution is 6.31. The second-order valence-corrected chi connectivity index (χ2v) is 8.71. The summed E-state index contributed by atoms with van der Waals surface area (Å²) >= 11 is 6.15. The topological polar surface area (TPSA) is 45.9 Å². The molecule has 1 aromatic heterocycles. The monoisotopic (exact) mass is 478 g/mol. The van der Waals surface area contributed by atoms with Gasteiger partial charge in [0, 0.05) is 48.7 Å². The third-order valence-electron chi connectivity index (χ3n) is 6.09. The molecule has 1 aliphatic heterocycles. The van der Waals surface area contributed by atoms with Gasteiger partial charge in [0.05, 0.1) is 0 Å². The van der Waals surface area contributed by atoms with Crippen LogP contribution in [0.25, 0.3) is 10.8 Å². The Bertz CT molecular complexity index is 1290. The highest BCUT2D eigenvalue weighted by Gasteiger charge is 2.25. The first-order valence-corrected chi connectivity index (χ1v) is 11.6. The predicted octanol–water partition coefficient (Wildman–Crippen LogP) is 5.76. The van der Waals surface area contributed by atoms with E-state index in [0.717, 1.165) is 16.5 Å². The summed E-state index contributed by atoms with van der Waals surface area (Å²) in [7, 11) is 0. The van der Waals surface area contributed by atoms with E-state index in [1.165, 1.54) is 6.07 Å². The molecule has 5 rings (SSSR count). The van der Waals surface area contributed by atoms with E-state index in [9.17, 15) is 9.18 Å². The van der Waals surface area contributed by atoms with E-state index in [0.29, 0.717) is 54.8 Å². The van der Waals surface area contributed by atoms with Crippen molar-refractivity contribution < 1.29 is 18.3 Å². The van der Waals surface area contributed by atoms with Crippen LogP contribution in [0.2, 0.25) is 5.02 Å². The Balaban J connectivity index is 1.17. The van der Waals surface area contributed by atoms with Gasteiger partial charge in [0.25, 0.3) is 5.91 Å². The lowest BCUT2D eigenvalue weighted by Gasteiger charge is -2.34. The smallest absolute Gasteiger partial charge is 0.289 e. The Hall–Kier alpha value is -3.35. The van der Waals surface area contributed by atoms with Crippen LogP contribution in [-0.2, 0) is 13.2 Å². The number of piperazine rings is 1. The summed E-state index contributed by atoms with van der Waals surface area (Å²) in [5.74, 6) is 1.19. The molecule has 1 amide bonds. The summed E-state index contributed by atoms with van der Waals surface area (Å²) in [6, 6.07) is 22.1. The van der Waals surface area contributed by atoms with Crippen molar-refractivity contribution in [3.63, 3.8) is 0 Å². The lowest BCUT2D eigenvalue weighted by Crippen LogP contribution is -2.48. The van der Waals surface area contributed by atoms with Crippen molar-refractivity contribution in [2.45, 2.75) is 13.2 Å². The molecule has 0 aliphatic carbocycles. The summed E-state index contributed by atoms with van der Waals surface area (Å²) in [6.07, 6.45) is 0. The van der Waals surface area contributed by atoms with Gasteiger partial charge in [-0.05, 0) is 35.7 Å². The molecule has 0 radical (unpaired) electrons. The van der Waals surface area contributed by atoms with Crippen LogP contribution < -0.4 is 4.74 Å². The van der Waals surface area contributed by atoms with Crippen LogP contribution >= 0.6 is 11.6 Å². The third kappa shape index (κ3) is 4.79. The van der Waals surface area contributed by atoms with E-state index in [2.05, 4.69) is 4.90 Å². The van der Waals surface area contributed by atoms with E-state index in [-0.39, 0.29) is 18.3 Å². The van der Waals surface area contributed by atoms with Crippen LogP contribution in [0.15, 0.2) is 77.2 Å². The average molecular weight is 479 g/mol. The molecule has 0 spiro atoms. The van der Waals surface area contributed by atoms with Crippen molar-refractivity contribution in [2.75, 3.05) is 26.2 Å². The molecule has 0 bridgehead atoms. The number of amides is 1. The maximum atomic E-state index is 14.1. The molecular formula is C27H24ClFN2O3. The molecule has 0 unspecified atom stereocenters. The quantitative estimate of drug-likeness (QED) is 0.353. The molecule has 2 heterocycles. The Morgan fingerprint density at radius 3 is 2.53 bits per heavy atom. The Labute approximate surface area is 202 Å². The minimum absolute atomic E-state index is 0.153. The Kier molecular flexibility index (Phi) is 6.52. The molecule has 1 aliphatic rings. The molecule has 5 nitrogen and oxygen atoms in total. The molecule has 1 saturated heterocycles. The number of furan rings is 1. The number of nitrogens with zero attached hydrogens (tertiary/aromatic N) is 2. The van der Waals surface area contributed by atoms with Gasteiger partial charge in [0.2, 0.25) is 0 Å². The normalized spacial score (nSPS) is 14.5. The van der Waals surface area contributed by atoms with Gasteiger partial charge in [0.1, 0.15) is 23.9 Å². The lowest BCUT2D eigenvalue weighted by atomic mass is 10.1. The number of hydrogen-bond acceptors (Lipinski definition) is 4. The first kappa shape index (κ1) is 22.4. The molecule has 0 atom stereocenters. The number of carbonyl (C=O) groups excluding carboxylic acids is 1. The fraction of sp³-hybridized carbons (Fsp3) is 0.222. The van der Waals surface area contributed by atoms with Crippen molar-refractivity contribution in [2.24, 2.45) is 0 Å². The number of hydrogen-bond donors (Lipinski definition) is 0. The van der Waals surface area contributed by atoms with Crippen molar-refractivity contribution in [3.8, 4) is 5.75 Å². The zero-order valence-electron chi connectivity index (χ0n) is 18.5. The zero-order chi connectivity index (χ0) is 23.5. The van der Waals surface area contributed by atoms with Crippen LogP contribution in [0, 0.1) is 5.82 Å². The minimum Gasteiger partial charge on any atom is -0.485 e. The van der Waals surface area contributed by atoms with E-state index in [1.807, 2.05) is 42.5 Å². The summed E-state index contributed by atoms with van der Waals surface area (Å²) in [6.45, 7) is 2.99. The van der Waals surface area contributed by atoms with Gasteiger partial charge in [0.15, 0.2) is 5.76 Å². The van der Waals surface area contributed by atoms with Gasteiger partial charge in [-0.15, -0.1) is 0 Å². The second-order valence-electron chi connectivity index (χ2n) is 8.30. The van der Waals surface area contributed by atoms with E-state index >= 15 is 0 Å². The van der Waals surface area contributed by atoms with E-state index in [4.69, 9.17) is 20.8 Å². The van der Waals surface area contributed by atoms with Gasteiger partial charge in [-0.3, -0.25) is 9.69 Å². The summed E-state index contributed by atoms with van der Waals surface area (Å²) in [5.41, 5.74) is 0.491. The van der Waals surface area contributed by atoms with Crippen LogP contribution in [0.3, 0.4) is 0 Å². The van der Waals surface area contributed by atoms with Gasteiger partial charge in [-0.25, -0.2) is 4.39 Å². The fourth-order valence-electron chi connectivity index (χ4n) is 4.21. The largest absolute Gasteiger partial charge is 0.485 e. The van der Waals surface area contributed by atoms with Crippen molar-refractivity contribution >= 4 is 28.3 Å². The minimum atomic E-state index is -0.306. The first-order valence-electron chi connectivity index (χ1n) is 11.2. The molecule has 0 saturated carbocycles. The first-order chi connectivity index (χ1) is 16.6. The Morgan fingerprint density at radius 2 is 1.71 bits per heavy atom. The molecule has 174 valence electrons. The predicted molar refractivity (Wildman–Crippen MR) is 130 cm³/mol. The van der Waals surface area contributed by atoms with Crippen LogP contribution in [0.5, 0.6) is 5.75 Å². The molecular weight excluding hydrogens is 455 g/mol. The average Bonchev–Trinajstić information content (AvgIpc) is 3.34. The molecule has 3 aromatic carbocycles.